The van der Waals surface area contributed by atoms with E-state index in [-0.39, 0.29) is 11.9 Å². The summed E-state index contributed by atoms with van der Waals surface area (Å²) in [6.07, 6.45) is 3.78. The highest BCUT2D eigenvalue weighted by molar-refractivity contribution is 7.97. The van der Waals surface area contributed by atoms with E-state index in [0.29, 0.717) is 11.7 Å². The fourth-order valence-corrected chi connectivity index (χ4v) is 3.51. The van der Waals surface area contributed by atoms with Gasteiger partial charge in [0.1, 0.15) is 17.4 Å². The second-order valence-corrected chi connectivity index (χ2v) is 7.67. The van der Waals surface area contributed by atoms with Gasteiger partial charge in [0.2, 0.25) is 0 Å². The molecule has 1 aliphatic rings. The third kappa shape index (κ3) is 4.07. The zero-order valence-electron chi connectivity index (χ0n) is 15.2. The van der Waals surface area contributed by atoms with Gasteiger partial charge < -0.3 is 19.2 Å². The Hall–Kier alpha value is -1.80. The molecule has 2 aromatic rings. The van der Waals surface area contributed by atoms with Gasteiger partial charge in [0.15, 0.2) is 5.76 Å². The Morgan fingerprint density at radius 1 is 1.40 bits per heavy atom. The lowest BCUT2D eigenvalue weighted by Crippen LogP contribution is -2.43. The molecule has 2 heterocycles. The van der Waals surface area contributed by atoms with Gasteiger partial charge in [0.25, 0.3) is 5.91 Å². The predicted octanol–water partition coefficient (Wildman–Crippen LogP) is 2.01. The number of carbonyl (C=O) groups excluding carboxylic acids is 1. The molecule has 7 nitrogen and oxygen atoms in total. The van der Waals surface area contributed by atoms with E-state index >= 15 is 0 Å². The first kappa shape index (κ1) is 18.0. The highest BCUT2D eigenvalue weighted by Gasteiger charge is 2.35. The molecule has 0 unspecified atom stereocenters. The minimum atomic E-state index is -0.137. The monoisotopic (exact) mass is 363 g/mol. The quantitative estimate of drug-likeness (QED) is 0.811. The van der Waals surface area contributed by atoms with E-state index in [0.717, 1.165) is 42.5 Å². The van der Waals surface area contributed by atoms with Crippen LogP contribution in [0.5, 0.6) is 0 Å². The fourth-order valence-electron chi connectivity index (χ4n) is 3.07. The van der Waals surface area contributed by atoms with E-state index in [1.54, 1.807) is 17.8 Å². The molecule has 3 rings (SSSR count). The normalized spacial score (nSPS) is 19.9. The van der Waals surface area contributed by atoms with Crippen LogP contribution >= 0.6 is 11.8 Å². The molecule has 0 spiro atoms. The second kappa shape index (κ2) is 7.61. The molecule has 0 aromatic carbocycles. The van der Waals surface area contributed by atoms with Crippen molar-refractivity contribution >= 4 is 17.7 Å². The van der Waals surface area contributed by atoms with Gasteiger partial charge in [-0.3, -0.25) is 4.79 Å². The van der Waals surface area contributed by atoms with Gasteiger partial charge in [0.05, 0.1) is 12.3 Å². The summed E-state index contributed by atoms with van der Waals surface area (Å²) in [5, 5.41) is 11.7. The van der Waals surface area contributed by atoms with E-state index < -0.39 is 0 Å². The largest absolute Gasteiger partial charge is 0.455 e. The second-order valence-electron chi connectivity index (χ2n) is 6.81. The summed E-state index contributed by atoms with van der Waals surface area (Å²) < 4.78 is 7.64. The molecule has 1 N–H and O–H groups in total. The van der Waals surface area contributed by atoms with Crippen LogP contribution in [0.2, 0.25) is 0 Å². The van der Waals surface area contributed by atoms with Crippen molar-refractivity contribution in [3.05, 3.63) is 35.3 Å². The van der Waals surface area contributed by atoms with Gasteiger partial charge in [-0.25, -0.2) is 0 Å². The third-order valence-corrected chi connectivity index (χ3v) is 5.04. The lowest BCUT2D eigenvalue weighted by atomic mass is 9.79. The Balaban J connectivity index is 1.52. The molecule has 0 bridgehead atoms. The number of thioether (sulfide) groups is 1. The summed E-state index contributed by atoms with van der Waals surface area (Å²) in [4.78, 5) is 14.3. The van der Waals surface area contributed by atoms with Crippen LogP contribution in [0.4, 0.5) is 0 Å². The number of hydrogen-bond acceptors (Lipinski definition) is 6. The molecule has 8 heteroatoms. The van der Waals surface area contributed by atoms with Crippen LogP contribution in [0.3, 0.4) is 0 Å². The van der Waals surface area contributed by atoms with Crippen molar-refractivity contribution in [2.75, 3.05) is 20.4 Å². The van der Waals surface area contributed by atoms with E-state index in [1.165, 1.54) is 0 Å². The number of furan rings is 1. The molecule has 0 saturated heterocycles. The van der Waals surface area contributed by atoms with Crippen molar-refractivity contribution in [3.8, 4) is 0 Å². The molecule has 136 valence electrons. The molecule has 1 amide bonds. The highest BCUT2D eigenvalue weighted by atomic mass is 32.2. The van der Waals surface area contributed by atoms with Gasteiger partial charge >= 0.3 is 0 Å². The zero-order valence-corrected chi connectivity index (χ0v) is 16.0. The standard InChI is InChI=1S/C17H25N5O2S/c1-21(2)9-15-19-20-16(22(15)3)11-7-12(8-11)18-17(23)14-6-5-13(24-14)10-25-4/h5-6,11-12H,7-10H2,1-4H3,(H,18,23). The van der Waals surface area contributed by atoms with Crippen molar-refractivity contribution in [1.29, 1.82) is 0 Å². The Kier molecular flexibility index (Phi) is 5.48. The maximum absolute atomic E-state index is 12.3. The lowest BCUT2D eigenvalue weighted by Gasteiger charge is -2.34. The lowest BCUT2D eigenvalue weighted by molar-refractivity contribution is 0.0877. The summed E-state index contributed by atoms with van der Waals surface area (Å²) in [7, 11) is 6.04. The van der Waals surface area contributed by atoms with Crippen LogP contribution in [-0.2, 0) is 19.3 Å². The van der Waals surface area contributed by atoms with Gasteiger partial charge in [-0.1, -0.05) is 0 Å². The average molecular weight is 363 g/mol. The first-order valence-electron chi connectivity index (χ1n) is 8.39. The van der Waals surface area contributed by atoms with Crippen LogP contribution in [0, 0.1) is 0 Å². The number of nitrogens with zero attached hydrogens (tertiary/aromatic N) is 4. The topological polar surface area (TPSA) is 76.2 Å². The molecule has 2 aromatic heterocycles. The summed E-state index contributed by atoms with van der Waals surface area (Å²) in [5.41, 5.74) is 0. The summed E-state index contributed by atoms with van der Waals surface area (Å²) >= 11 is 1.67. The molecule has 25 heavy (non-hydrogen) atoms. The molecule has 0 atom stereocenters. The van der Waals surface area contributed by atoms with Crippen molar-refractivity contribution in [3.63, 3.8) is 0 Å². The van der Waals surface area contributed by atoms with Crippen LogP contribution < -0.4 is 5.32 Å². The van der Waals surface area contributed by atoms with Gasteiger partial charge in [-0.05, 0) is 45.3 Å². The minimum absolute atomic E-state index is 0.137. The average Bonchev–Trinajstić information content (AvgIpc) is 3.11. The molecular weight excluding hydrogens is 338 g/mol. The van der Waals surface area contributed by atoms with Crippen molar-refractivity contribution in [2.45, 2.75) is 37.1 Å². The molecular formula is C17H25N5O2S. The van der Waals surface area contributed by atoms with Gasteiger partial charge in [-0.15, -0.1) is 10.2 Å². The van der Waals surface area contributed by atoms with Crippen LogP contribution in [-0.4, -0.2) is 52.0 Å². The van der Waals surface area contributed by atoms with E-state index in [9.17, 15) is 4.79 Å². The SMILES string of the molecule is CSCc1ccc(C(=O)NC2CC(c3nnc(CN(C)C)n3C)C2)o1. The van der Waals surface area contributed by atoms with Crippen LogP contribution in [0.15, 0.2) is 16.5 Å². The van der Waals surface area contributed by atoms with Crippen LogP contribution in [0.25, 0.3) is 0 Å². The van der Waals surface area contributed by atoms with E-state index in [4.69, 9.17) is 4.42 Å². The first-order valence-corrected chi connectivity index (χ1v) is 9.78. The van der Waals surface area contributed by atoms with Crippen molar-refractivity contribution in [1.82, 2.24) is 25.0 Å². The summed E-state index contributed by atoms with van der Waals surface area (Å²) in [6, 6.07) is 3.77. The Labute approximate surface area is 152 Å². The molecule has 1 fully saturated rings. The Morgan fingerprint density at radius 3 is 2.84 bits per heavy atom. The van der Waals surface area contributed by atoms with Crippen molar-refractivity contribution in [2.24, 2.45) is 7.05 Å². The summed E-state index contributed by atoms with van der Waals surface area (Å²) in [5.74, 6) is 4.17. The van der Waals surface area contributed by atoms with Gasteiger partial charge in [0, 0.05) is 19.0 Å². The fraction of sp³-hybridized carbons (Fsp3) is 0.588. The smallest absolute Gasteiger partial charge is 0.287 e. The highest BCUT2D eigenvalue weighted by Crippen LogP contribution is 2.36. The number of aromatic nitrogens is 3. The molecule has 1 aliphatic carbocycles. The number of rotatable bonds is 7. The van der Waals surface area contributed by atoms with Crippen LogP contribution in [0.1, 0.15) is 46.7 Å². The zero-order chi connectivity index (χ0) is 18.0. The maximum Gasteiger partial charge on any atom is 0.287 e. The maximum atomic E-state index is 12.3. The minimum Gasteiger partial charge on any atom is -0.455 e. The molecule has 0 radical (unpaired) electrons. The molecule has 0 aliphatic heterocycles. The number of hydrogen-bond donors (Lipinski definition) is 1. The Morgan fingerprint density at radius 2 is 2.16 bits per heavy atom. The van der Waals surface area contributed by atoms with E-state index in [1.807, 2.05) is 33.5 Å². The van der Waals surface area contributed by atoms with Crippen molar-refractivity contribution < 1.29 is 9.21 Å². The molecule has 1 saturated carbocycles. The number of carbonyl (C=O) groups is 1. The first-order chi connectivity index (χ1) is 12.0. The Bertz CT molecular complexity index is 733. The van der Waals surface area contributed by atoms with E-state index in [2.05, 4.69) is 25.0 Å². The van der Waals surface area contributed by atoms with Gasteiger partial charge in [-0.2, -0.15) is 11.8 Å². The number of nitrogens with one attached hydrogen (secondary N) is 1. The number of amides is 1. The third-order valence-electron chi connectivity index (χ3n) is 4.47. The predicted molar refractivity (Wildman–Crippen MR) is 97.6 cm³/mol. The summed E-state index contributed by atoms with van der Waals surface area (Å²) in [6.45, 7) is 0.771.